The molecule has 0 saturated carbocycles. The first-order valence-corrected chi connectivity index (χ1v) is 10.2. The van der Waals surface area contributed by atoms with Crippen LogP contribution in [0.1, 0.15) is 52.4 Å². The Bertz CT molecular complexity index is 1190. The number of hydrogen-bond acceptors (Lipinski definition) is 7. The Labute approximate surface area is 169 Å². The van der Waals surface area contributed by atoms with E-state index in [4.69, 9.17) is 0 Å². The quantitative estimate of drug-likeness (QED) is 0.516. The van der Waals surface area contributed by atoms with Crippen molar-refractivity contribution < 1.29 is 9.72 Å². The summed E-state index contributed by atoms with van der Waals surface area (Å²) in [7, 11) is 1.48. The standard InChI is InChI=1S/C18H20N6O4S/c1-10-19-17-14(11-7-5-3-4-6-8-13(11)29-17)18(26)23(10)21-16(25)15-12(24(27)28)9-22(2)20-15/h9H,3-8H2,1-2H3,(H,21,25). The second-order valence-electron chi connectivity index (χ2n) is 7.13. The summed E-state index contributed by atoms with van der Waals surface area (Å²) in [6, 6.07) is 0. The van der Waals surface area contributed by atoms with Gasteiger partial charge in [0.25, 0.3) is 11.5 Å². The third kappa shape index (κ3) is 3.41. The molecule has 0 fully saturated rings. The van der Waals surface area contributed by atoms with Gasteiger partial charge in [0.2, 0.25) is 5.69 Å². The minimum atomic E-state index is -0.832. The summed E-state index contributed by atoms with van der Waals surface area (Å²) in [6.07, 6.45) is 7.31. The number of aryl methyl sites for hydroxylation is 4. The average Bonchev–Trinajstić information content (AvgIpc) is 3.19. The summed E-state index contributed by atoms with van der Waals surface area (Å²) in [5.41, 5.74) is 2.32. The SMILES string of the molecule is Cc1nc2sc3c(c2c(=O)n1NC(=O)c1nn(C)cc1[N+](=O)[O-])CCCCCC3. The molecule has 11 heteroatoms. The maximum Gasteiger partial charge on any atom is 0.320 e. The van der Waals surface area contributed by atoms with E-state index in [2.05, 4.69) is 15.5 Å². The van der Waals surface area contributed by atoms with Crippen LogP contribution >= 0.6 is 11.3 Å². The van der Waals surface area contributed by atoms with E-state index in [-0.39, 0.29) is 11.3 Å². The molecule has 10 nitrogen and oxygen atoms in total. The Morgan fingerprint density at radius 2 is 2.00 bits per heavy atom. The highest BCUT2D eigenvalue weighted by Crippen LogP contribution is 2.32. The largest absolute Gasteiger partial charge is 0.320 e. The van der Waals surface area contributed by atoms with Crippen molar-refractivity contribution in [1.82, 2.24) is 19.4 Å². The van der Waals surface area contributed by atoms with E-state index in [1.165, 1.54) is 23.0 Å². The van der Waals surface area contributed by atoms with Crippen LogP contribution in [0.15, 0.2) is 11.0 Å². The third-order valence-corrected chi connectivity index (χ3v) is 6.28. The number of amides is 1. The van der Waals surface area contributed by atoms with Crippen LogP contribution in [0.4, 0.5) is 5.69 Å². The van der Waals surface area contributed by atoms with Gasteiger partial charge in [-0.25, -0.2) is 9.66 Å². The number of aromatic nitrogens is 4. The van der Waals surface area contributed by atoms with Gasteiger partial charge in [-0.05, 0) is 38.2 Å². The second kappa shape index (κ2) is 7.39. The number of nitrogens with zero attached hydrogens (tertiary/aromatic N) is 5. The number of nitro groups is 1. The zero-order valence-electron chi connectivity index (χ0n) is 16.1. The number of carbonyl (C=O) groups is 1. The Morgan fingerprint density at radius 3 is 2.72 bits per heavy atom. The first kappa shape index (κ1) is 19.2. The molecule has 0 spiro atoms. The molecule has 3 aromatic heterocycles. The van der Waals surface area contributed by atoms with Gasteiger partial charge in [-0.3, -0.25) is 29.8 Å². The molecular weight excluding hydrogens is 396 g/mol. The van der Waals surface area contributed by atoms with Crippen molar-refractivity contribution in [3.05, 3.63) is 48.6 Å². The fourth-order valence-electron chi connectivity index (χ4n) is 3.72. The lowest BCUT2D eigenvalue weighted by Gasteiger charge is -2.11. The summed E-state index contributed by atoms with van der Waals surface area (Å²) in [4.78, 5) is 42.8. The van der Waals surface area contributed by atoms with Crippen LogP contribution in [0.5, 0.6) is 0 Å². The van der Waals surface area contributed by atoms with Crippen LogP contribution in [-0.4, -0.2) is 30.3 Å². The molecule has 0 saturated heterocycles. The Hall–Kier alpha value is -3.08. The van der Waals surface area contributed by atoms with E-state index in [1.807, 2.05) is 0 Å². The molecule has 0 aliphatic heterocycles. The first-order chi connectivity index (χ1) is 13.9. The summed E-state index contributed by atoms with van der Waals surface area (Å²) in [5.74, 6) is -0.523. The zero-order valence-corrected chi connectivity index (χ0v) is 16.9. The number of rotatable bonds is 3. The van der Waals surface area contributed by atoms with E-state index in [0.717, 1.165) is 48.5 Å². The van der Waals surface area contributed by atoms with Gasteiger partial charge in [0, 0.05) is 11.9 Å². The molecule has 3 heterocycles. The van der Waals surface area contributed by atoms with Crippen molar-refractivity contribution in [3.8, 4) is 0 Å². The molecule has 1 N–H and O–H groups in total. The van der Waals surface area contributed by atoms with Crippen molar-refractivity contribution in [2.24, 2.45) is 7.05 Å². The van der Waals surface area contributed by atoms with Crippen molar-refractivity contribution >= 4 is 33.1 Å². The summed E-state index contributed by atoms with van der Waals surface area (Å²) >= 11 is 1.54. The second-order valence-corrected chi connectivity index (χ2v) is 8.22. The lowest BCUT2D eigenvalue weighted by molar-refractivity contribution is -0.385. The topological polar surface area (TPSA) is 125 Å². The number of carbonyl (C=O) groups excluding carboxylic acids is 1. The van der Waals surface area contributed by atoms with E-state index in [0.29, 0.717) is 16.0 Å². The molecule has 0 atom stereocenters. The molecule has 0 bridgehead atoms. The molecule has 1 amide bonds. The molecule has 3 aromatic rings. The monoisotopic (exact) mass is 416 g/mol. The number of hydrogen-bond donors (Lipinski definition) is 1. The van der Waals surface area contributed by atoms with Gasteiger partial charge in [-0.15, -0.1) is 11.3 Å². The molecule has 0 radical (unpaired) electrons. The van der Waals surface area contributed by atoms with Gasteiger partial charge in [0.05, 0.1) is 10.3 Å². The molecular formula is C18H20N6O4S. The van der Waals surface area contributed by atoms with Crippen LogP contribution in [0.2, 0.25) is 0 Å². The molecule has 29 heavy (non-hydrogen) atoms. The summed E-state index contributed by atoms with van der Waals surface area (Å²) in [6.45, 7) is 1.62. The third-order valence-electron chi connectivity index (χ3n) is 5.09. The minimum Gasteiger partial charge on any atom is -0.268 e. The molecule has 0 aromatic carbocycles. The predicted molar refractivity (Wildman–Crippen MR) is 108 cm³/mol. The average molecular weight is 416 g/mol. The van der Waals surface area contributed by atoms with Gasteiger partial charge >= 0.3 is 5.69 Å². The Morgan fingerprint density at radius 1 is 1.28 bits per heavy atom. The lowest BCUT2D eigenvalue weighted by Crippen LogP contribution is -2.36. The highest BCUT2D eigenvalue weighted by Gasteiger charge is 2.27. The van der Waals surface area contributed by atoms with Crippen LogP contribution in [0.3, 0.4) is 0 Å². The van der Waals surface area contributed by atoms with Crippen LogP contribution in [0.25, 0.3) is 10.2 Å². The minimum absolute atomic E-state index is 0.309. The van der Waals surface area contributed by atoms with Gasteiger partial charge in [-0.2, -0.15) is 5.10 Å². The fraction of sp³-hybridized carbons (Fsp3) is 0.444. The number of fused-ring (bicyclic) bond motifs is 3. The number of nitrogens with one attached hydrogen (secondary N) is 1. The molecule has 1 aliphatic rings. The number of thiophene rings is 1. The molecule has 4 rings (SSSR count). The fourth-order valence-corrected chi connectivity index (χ4v) is 5.01. The van der Waals surface area contributed by atoms with E-state index < -0.39 is 16.5 Å². The summed E-state index contributed by atoms with van der Waals surface area (Å²) in [5, 5.41) is 15.6. The highest BCUT2D eigenvalue weighted by atomic mass is 32.1. The normalized spacial score (nSPS) is 14.3. The van der Waals surface area contributed by atoms with Gasteiger partial charge in [0.15, 0.2) is 0 Å². The van der Waals surface area contributed by atoms with Crippen molar-refractivity contribution in [2.75, 3.05) is 5.43 Å². The van der Waals surface area contributed by atoms with Crippen LogP contribution in [0, 0.1) is 17.0 Å². The lowest BCUT2D eigenvalue weighted by atomic mass is 9.98. The highest BCUT2D eigenvalue weighted by molar-refractivity contribution is 7.18. The first-order valence-electron chi connectivity index (χ1n) is 9.40. The van der Waals surface area contributed by atoms with Crippen molar-refractivity contribution in [1.29, 1.82) is 0 Å². The molecule has 152 valence electrons. The Balaban J connectivity index is 1.78. The van der Waals surface area contributed by atoms with Gasteiger partial charge in [0.1, 0.15) is 16.9 Å². The maximum absolute atomic E-state index is 13.2. The van der Waals surface area contributed by atoms with Crippen LogP contribution in [-0.2, 0) is 19.9 Å². The predicted octanol–water partition coefficient (Wildman–Crippen LogP) is 2.45. The van der Waals surface area contributed by atoms with Crippen LogP contribution < -0.4 is 11.0 Å². The molecule has 0 unspecified atom stereocenters. The van der Waals surface area contributed by atoms with E-state index in [1.54, 1.807) is 18.3 Å². The van der Waals surface area contributed by atoms with Crippen molar-refractivity contribution in [2.45, 2.75) is 45.4 Å². The maximum atomic E-state index is 13.2. The van der Waals surface area contributed by atoms with E-state index in [9.17, 15) is 19.7 Å². The van der Waals surface area contributed by atoms with E-state index >= 15 is 0 Å². The zero-order chi connectivity index (χ0) is 20.7. The summed E-state index contributed by atoms with van der Waals surface area (Å²) < 4.78 is 2.25. The smallest absolute Gasteiger partial charge is 0.268 e. The molecule has 1 aliphatic carbocycles. The Kier molecular flexibility index (Phi) is 4.91. The van der Waals surface area contributed by atoms with Gasteiger partial charge in [-0.1, -0.05) is 12.8 Å². The van der Waals surface area contributed by atoms with Gasteiger partial charge < -0.3 is 0 Å². The van der Waals surface area contributed by atoms with Crippen molar-refractivity contribution in [3.63, 3.8) is 0 Å².